The number of carbonyl (C=O) groups excluding carboxylic acids is 1. The molecule has 1 aliphatic heterocycles. The Kier molecular flexibility index (Phi) is 2.86. The fraction of sp³-hybridized carbons (Fsp3) is 0.417. The lowest BCUT2D eigenvalue weighted by Crippen LogP contribution is -2.39. The van der Waals surface area contributed by atoms with Crippen molar-refractivity contribution in [2.24, 2.45) is 5.73 Å². The van der Waals surface area contributed by atoms with Crippen molar-refractivity contribution in [3.8, 4) is 5.75 Å². The third-order valence-corrected chi connectivity index (χ3v) is 3.44. The van der Waals surface area contributed by atoms with Gasteiger partial charge in [-0.3, -0.25) is 4.79 Å². The molecule has 0 fully saturated rings. The Morgan fingerprint density at radius 1 is 1.56 bits per heavy atom. The van der Waals surface area contributed by atoms with Gasteiger partial charge in [0.15, 0.2) is 0 Å². The Morgan fingerprint density at radius 3 is 2.88 bits per heavy atom. The van der Waals surface area contributed by atoms with Gasteiger partial charge in [0.25, 0.3) is 0 Å². The SMILES string of the molecule is CC1(C)CC(C(N)=O)c2cc(I)ccc2O1. The Morgan fingerprint density at radius 2 is 2.25 bits per heavy atom. The van der Waals surface area contributed by atoms with Gasteiger partial charge in [0.2, 0.25) is 5.91 Å². The number of benzene rings is 1. The first kappa shape index (κ1) is 11.7. The average molecular weight is 331 g/mol. The number of nitrogens with two attached hydrogens (primary N) is 1. The predicted molar refractivity (Wildman–Crippen MR) is 70.4 cm³/mol. The summed E-state index contributed by atoms with van der Waals surface area (Å²) in [6.45, 7) is 3.95. The van der Waals surface area contributed by atoms with E-state index in [-0.39, 0.29) is 17.4 Å². The molecule has 86 valence electrons. The van der Waals surface area contributed by atoms with Crippen LogP contribution in [0.5, 0.6) is 5.75 Å². The van der Waals surface area contributed by atoms with E-state index in [2.05, 4.69) is 22.6 Å². The first-order valence-electron chi connectivity index (χ1n) is 5.17. The molecular formula is C12H14INO2. The van der Waals surface area contributed by atoms with Crippen LogP contribution in [0.4, 0.5) is 0 Å². The number of ether oxygens (including phenoxy) is 1. The monoisotopic (exact) mass is 331 g/mol. The molecule has 1 aromatic carbocycles. The Balaban J connectivity index is 2.51. The summed E-state index contributed by atoms with van der Waals surface area (Å²) in [5.41, 5.74) is 6.04. The zero-order chi connectivity index (χ0) is 11.9. The summed E-state index contributed by atoms with van der Waals surface area (Å²) in [6.07, 6.45) is 0.634. The van der Waals surface area contributed by atoms with E-state index in [1.807, 2.05) is 32.0 Å². The van der Waals surface area contributed by atoms with Crippen LogP contribution in [0.15, 0.2) is 18.2 Å². The van der Waals surface area contributed by atoms with Crippen LogP contribution in [0.1, 0.15) is 31.7 Å². The van der Waals surface area contributed by atoms with Crippen LogP contribution >= 0.6 is 22.6 Å². The molecule has 1 aliphatic rings. The van der Waals surface area contributed by atoms with E-state index in [0.29, 0.717) is 6.42 Å². The van der Waals surface area contributed by atoms with E-state index >= 15 is 0 Å². The van der Waals surface area contributed by atoms with Gasteiger partial charge in [-0.05, 0) is 54.6 Å². The standard InChI is InChI=1S/C12H14INO2/c1-12(2)6-9(11(14)15)8-5-7(13)3-4-10(8)16-12/h3-5,9H,6H2,1-2H3,(H2,14,15). The molecule has 0 aromatic heterocycles. The second-order valence-corrected chi connectivity index (χ2v) is 5.95. The van der Waals surface area contributed by atoms with Crippen molar-refractivity contribution >= 4 is 28.5 Å². The Labute approximate surface area is 108 Å². The molecule has 0 bridgehead atoms. The quantitative estimate of drug-likeness (QED) is 0.804. The van der Waals surface area contributed by atoms with Crippen LogP contribution in [-0.2, 0) is 4.79 Å². The molecule has 0 saturated carbocycles. The van der Waals surface area contributed by atoms with Crippen molar-refractivity contribution in [2.45, 2.75) is 31.8 Å². The highest BCUT2D eigenvalue weighted by Gasteiger charge is 2.36. The lowest BCUT2D eigenvalue weighted by atomic mass is 9.84. The number of amides is 1. The molecule has 1 heterocycles. The van der Waals surface area contributed by atoms with Crippen LogP contribution in [0.2, 0.25) is 0 Å². The second-order valence-electron chi connectivity index (χ2n) is 4.70. The third-order valence-electron chi connectivity index (χ3n) is 2.77. The summed E-state index contributed by atoms with van der Waals surface area (Å²) in [5, 5.41) is 0. The molecule has 1 aromatic rings. The van der Waals surface area contributed by atoms with Crippen molar-refractivity contribution in [3.63, 3.8) is 0 Å². The van der Waals surface area contributed by atoms with Gasteiger partial charge in [-0.2, -0.15) is 0 Å². The maximum Gasteiger partial charge on any atom is 0.225 e. The summed E-state index contributed by atoms with van der Waals surface area (Å²) >= 11 is 2.22. The van der Waals surface area contributed by atoms with Gasteiger partial charge in [-0.15, -0.1) is 0 Å². The number of rotatable bonds is 1. The molecule has 0 aliphatic carbocycles. The maximum absolute atomic E-state index is 11.5. The van der Waals surface area contributed by atoms with E-state index < -0.39 is 0 Å². The highest BCUT2D eigenvalue weighted by atomic mass is 127. The van der Waals surface area contributed by atoms with Crippen molar-refractivity contribution < 1.29 is 9.53 Å². The van der Waals surface area contributed by atoms with Crippen molar-refractivity contribution in [1.82, 2.24) is 0 Å². The fourth-order valence-electron chi connectivity index (χ4n) is 2.08. The van der Waals surface area contributed by atoms with Crippen molar-refractivity contribution in [1.29, 1.82) is 0 Å². The van der Waals surface area contributed by atoms with E-state index in [1.165, 1.54) is 0 Å². The summed E-state index contributed by atoms with van der Waals surface area (Å²) in [6, 6.07) is 5.85. The van der Waals surface area contributed by atoms with E-state index in [1.54, 1.807) is 0 Å². The van der Waals surface area contributed by atoms with Crippen LogP contribution in [-0.4, -0.2) is 11.5 Å². The third kappa shape index (κ3) is 2.16. The molecule has 1 unspecified atom stereocenters. The first-order chi connectivity index (χ1) is 7.39. The van der Waals surface area contributed by atoms with Gasteiger partial charge in [-0.25, -0.2) is 0 Å². The number of hydrogen-bond acceptors (Lipinski definition) is 2. The van der Waals surface area contributed by atoms with Gasteiger partial charge < -0.3 is 10.5 Å². The molecule has 2 N–H and O–H groups in total. The lowest BCUT2D eigenvalue weighted by molar-refractivity contribution is -0.121. The minimum atomic E-state index is -0.334. The Hall–Kier alpha value is -0.780. The number of fused-ring (bicyclic) bond motifs is 1. The highest BCUT2D eigenvalue weighted by molar-refractivity contribution is 14.1. The molecular weight excluding hydrogens is 317 g/mol. The largest absolute Gasteiger partial charge is 0.488 e. The zero-order valence-electron chi connectivity index (χ0n) is 9.29. The maximum atomic E-state index is 11.5. The molecule has 2 rings (SSSR count). The van der Waals surface area contributed by atoms with Gasteiger partial charge in [-0.1, -0.05) is 0 Å². The molecule has 0 radical (unpaired) electrons. The minimum absolute atomic E-state index is 0.242. The molecule has 0 spiro atoms. The van der Waals surface area contributed by atoms with Crippen LogP contribution in [0.25, 0.3) is 0 Å². The summed E-state index contributed by atoms with van der Waals surface area (Å²) in [5.74, 6) is 0.258. The smallest absolute Gasteiger partial charge is 0.225 e. The van der Waals surface area contributed by atoms with Gasteiger partial charge in [0, 0.05) is 15.6 Å². The van der Waals surface area contributed by atoms with E-state index in [9.17, 15) is 4.79 Å². The normalized spacial score (nSPS) is 22.1. The van der Waals surface area contributed by atoms with Crippen molar-refractivity contribution in [2.75, 3.05) is 0 Å². The van der Waals surface area contributed by atoms with Gasteiger partial charge in [0.1, 0.15) is 11.4 Å². The van der Waals surface area contributed by atoms with E-state index in [4.69, 9.17) is 10.5 Å². The van der Waals surface area contributed by atoms with Gasteiger partial charge in [0.05, 0.1) is 5.92 Å². The average Bonchev–Trinajstić information content (AvgIpc) is 2.16. The number of halogens is 1. The predicted octanol–water partition coefficient (Wildman–Crippen LogP) is 2.42. The summed E-state index contributed by atoms with van der Waals surface area (Å²) < 4.78 is 6.93. The van der Waals surface area contributed by atoms with Gasteiger partial charge >= 0.3 is 0 Å². The zero-order valence-corrected chi connectivity index (χ0v) is 11.4. The van der Waals surface area contributed by atoms with Crippen LogP contribution in [0, 0.1) is 3.57 Å². The fourth-order valence-corrected chi connectivity index (χ4v) is 2.59. The number of hydrogen-bond donors (Lipinski definition) is 1. The molecule has 4 heteroatoms. The topological polar surface area (TPSA) is 52.3 Å². The van der Waals surface area contributed by atoms with E-state index in [0.717, 1.165) is 14.9 Å². The molecule has 1 amide bonds. The van der Waals surface area contributed by atoms with Crippen molar-refractivity contribution in [3.05, 3.63) is 27.3 Å². The highest BCUT2D eigenvalue weighted by Crippen LogP contribution is 2.41. The molecule has 16 heavy (non-hydrogen) atoms. The molecule has 0 saturated heterocycles. The minimum Gasteiger partial charge on any atom is -0.488 e. The summed E-state index contributed by atoms with van der Waals surface area (Å²) in [4.78, 5) is 11.5. The molecule has 1 atom stereocenters. The van der Waals surface area contributed by atoms with Crippen LogP contribution < -0.4 is 10.5 Å². The first-order valence-corrected chi connectivity index (χ1v) is 6.25. The lowest BCUT2D eigenvalue weighted by Gasteiger charge is -2.36. The molecule has 3 nitrogen and oxygen atoms in total. The second kappa shape index (κ2) is 3.91. The number of carbonyl (C=O) groups is 1. The number of primary amides is 1. The van der Waals surface area contributed by atoms with Crippen LogP contribution in [0.3, 0.4) is 0 Å². The Bertz CT molecular complexity index is 443. The summed E-state index contributed by atoms with van der Waals surface area (Å²) in [7, 11) is 0.